The van der Waals surface area contributed by atoms with Gasteiger partial charge in [0.05, 0.1) is 16.9 Å². The fourth-order valence-corrected chi connectivity index (χ4v) is 2.68. The van der Waals surface area contributed by atoms with Crippen LogP contribution >= 0.6 is 0 Å². The van der Waals surface area contributed by atoms with E-state index in [1.54, 1.807) is 0 Å². The van der Waals surface area contributed by atoms with Gasteiger partial charge in [-0.2, -0.15) is 13.2 Å². The average molecular weight is 334 g/mol. The molecule has 0 unspecified atom stereocenters. The largest absolute Gasteiger partial charge is 0.417 e. The lowest BCUT2D eigenvalue weighted by molar-refractivity contribution is -0.138. The minimum Gasteiger partial charge on any atom is -0.299 e. The van der Waals surface area contributed by atoms with Gasteiger partial charge in [0.1, 0.15) is 5.78 Å². The number of carbonyl (C=O) groups excluding carboxylic acids is 2. The predicted octanol–water partition coefficient (Wildman–Crippen LogP) is 2.66. The van der Waals surface area contributed by atoms with Crippen molar-refractivity contribution in [3.63, 3.8) is 0 Å². The summed E-state index contributed by atoms with van der Waals surface area (Å²) in [6.45, 7) is 0. The molecule has 0 atom stereocenters. The zero-order chi connectivity index (χ0) is 16.7. The number of Topliss-reactive ketones (excluding diaryl/α,β-unsaturated/α-hetero) is 2. The van der Waals surface area contributed by atoms with Crippen LogP contribution < -0.4 is 0 Å². The molecular formula is C14H13F3O4S. The summed E-state index contributed by atoms with van der Waals surface area (Å²) >= 11 is 0. The number of halogens is 3. The molecular weight excluding hydrogens is 321 g/mol. The van der Waals surface area contributed by atoms with Crippen molar-refractivity contribution < 1.29 is 31.2 Å². The van der Waals surface area contributed by atoms with Crippen LogP contribution in [0.5, 0.6) is 0 Å². The summed E-state index contributed by atoms with van der Waals surface area (Å²) in [5, 5.41) is 0. The van der Waals surface area contributed by atoms with E-state index in [4.69, 9.17) is 0 Å². The maximum atomic E-state index is 13.1. The average Bonchev–Trinajstić information content (AvgIpc) is 3.19. The van der Waals surface area contributed by atoms with Crippen LogP contribution in [0.4, 0.5) is 13.2 Å². The smallest absolute Gasteiger partial charge is 0.299 e. The summed E-state index contributed by atoms with van der Waals surface area (Å²) in [5.74, 6) is -1.54. The Morgan fingerprint density at radius 2 is 1.82 bits per heavy atom. The first-order valence-corrected chi connectivity index (χ1v) is 8.36. The van der Waals surface area contributed by atoms with E-state index in [9.17, 15) is 31.2 Å². The fraction of sp³-hybridized carbons (Fsp3) is 0.429. The van der Waals surface area contributed by atoms with Gasteiger partial charge in [0.2, 0.25) is 0 Å². The molecule has 1 aromatic carbocycles. The van der Waals surface area contributed by atoms with Gasteiger partial charge in [-0.1, -0.05) is 0 Å². The third-order valence-corrected chi connectivity index (χ3v) is 4.50. The second-order valence-electron chi connectivity index (χ2n) is 5.32. The lowest BCUT2D eigenvalue weighted by Crippen LogP contribution is -2.17. The molecule has 120 valence electrons. The fourth-order valence-electron chi connectivity index (χ4n) is 2.03. The van der Waals surface area contributed by atoms with Crippen molar-refractivity contribution in [3.05, 3.63) is 29.3 Å². The SMILES string of the molecule is CS(=O)(=O)c1ccc(C(=O)CC(=O)C2CC2)c(C(F)(F)F)c1. The van der Waals surface area contributed by atoms with Crippen molar-refractivity contribution in [2.75, 3.05) is 6.26 Å². The molecule has 4 nitrogen and oxygen atoms in total. The zero-order valence-corrected chi connectivity index (χ0v) is 12.4. The van der Waals surface area contributed by atoms with E-state index in [-0.39, 0.29) is 11.7 Å². The molecule has 22 heavy (non-hydrogen) atoms. The van der Waals surface area contributed by atoms with Crippen LogP contribution in [0.3, 0.4) is 0 Å². The van der Waals surface area contributed by atoms with E-state index < -0.39 is 44.2 Å². The quantitative estimate of drug-likeness (QED) is 0.613. The molecule has 1 aliphatic carbocycles. The molecule has 0 spiro atoms. The van der Waals surface area contributed by atoms with Crippen LogP contribution in [0.2, 0.25) is 0 Å². The second kappa shape index (κ2) is 5.49. The van der Waals surface area contributed by atoms with Crippen molar-refractivity contribution in [1.82, 2.24) is 0 Å². The van der Waals surface area contributed by atoms with Gasteiger partial charge in [-0.05, 0) is 31.0 Å². The Kier molecular flexibility index (Phi) is 4.16. The van der Waals surface area contributed by atoms with Crippen LogP contribution in [0.15, 0.2) is 23.1 Å². The summed E-state index contributed by atoms with van der Waals surface area (Å²) in [5.41, 5.74) is -2.00. The molecule has 8 heteroatoms. The Bertz CT molecular complexity index is 731. The molecule has 0 bridgehead atoms. The maximum absolute atomic E-state index is 13.1. The van der Waals surface area contributed by atoms with Gasteiger partial charge in [0.15, 0.2) is 15.6 Å². The summed E-state index contributed by atoms with van der Waals surface area (Å²) in [7, 11) is -3.83. The third kappa shape index (κ3) is 3.73. The van der Waals surface area contributed by atoms with E-state index in [0.29, 0.717) is 18.9 Å². The van der Waals surface area contributed by atoms with E-state index >= 15 is 0 Å². The highest BCUT2D eigenvalue weighted by Gasteiger charge is 2.37. The van der Waals surface area contributed by atoms with Crippen molar-refractivity contribution in [1.29, 1.82) is 0 Å². The molecule has 0 amide bonds. The highest BCUT2D eigenvalue weighted by Crippen LogP contribution is 2.35. The minimum absolute atomic E-state index is 0.228. The van der Waals surface area contributed by atoms with Crippen LogP contribution in [0.25, 0.3) is 0 Å². The summed E-state index contributed by atoms with van der Waals surface area (Å²) in [6, 6.07) is 2.20. The topological polar surface area (TPSA) is 68.3 Å². The second-order valence-corrected chi connectivity index (χ2v) is 7.33. The van der Waals surface area contributed by atoms with Gasteiger partial charge >= 0.3 is 6.18 Å². The number of carbonyl (C=O) groups is 2. The first kappa shape index (κ1) is 16.7. The van der Waals surface area contributed by atoms with E-state index in [0.717, 1.165) is 18.4 Å². The summed E-state index contributed by atoms with van der Waals surface area (Å²) < 4.78 is 61.9. The molecule has 1 saturated carbocycles. The first-order valence-electron chi connectivity index (χ1n) is 6.47. The van der Waals surface area contributed by atoms with Gasteiger partial charge in [-0.25, -0.2) is 8.42 Å². The first-order chi connectivity index (χ1) is 10.00. The van der Waals surface area contributed by atoms with Gasteiger partial charge in [-0.3, -0.25) is 9.59 Å². The molecule has 1 aromatic rings. The van der Waals surface area contributed by atoms with Crippen molar-refractivity contribution in [2.45, 2.75) is 30.3 Å². The molecule has 0 heterocycles. The van der Waals surface area contributed by atoms with Gasteiger partial charge in [-0.15, -0.1) is 0 Å². The molecule has 2 rings (SSSR count). The van der Waals surface area contributed by atoms with E-state index in [1.165, 1.54) is 0 Å². The Morgan fingerprint density at radius 1 is 1.23 bits per heavy atom. The van der Waals surface area contributed by atoms with Gasteiger partial charge in [0.25, 0.3) is 0 Å². The lowest BCUT2D eigenvalue weighted by atomic mass is 9.98. The van der Waals surface area contributed by atoms with Crippen LogP contribution in [0, 0.1) is 5.92 Å². The zero-order valence-electron chi connectivity index (χ0n) is 11.6. The van der Waals surface area contributed by atoms with Crippen LogP contribution in [-0.4, -0.2) is 26.2 Å². The van der Waals surface area contributed by atoms with Crippen molar-refractivity contribution >= 4 is 21.4 Å². The molecule has 0 N–H and O–H groups in total. The number of ketones is 2. The molecule has 1 fully saturated rings. The van der Waals surface area contributed by atoms with Crippen molar-refractivity contribution in [3.8, 4) is 0 Å². The highest BCUT2D eigenvalue weighted by atomic mass is 32.2. The monoisotopic (exact) mass is 334 g/mol. The van der Waals surface area contributed by atoms with Crippen LogP contribution in [-0.2, 0) is 20.8 Å². The van der Waals surface area contributed by atoms with Crippen LogP contribution in [0.1, 0.15) is 35.2 Å². The molecule has 0 saturated heterocycles. The highest BCUT2D eigenvalue weighted by molar-refractivity contribution is 7.90. The molecule has 0 aromatic heterocycles. The van der Waals surface area contributed by atoms with Gasteiger partial charge in [0, 0.05) is 17.7 Å². The lowest BCUT2D eigenvalue weighted by Gasteiger charge is -2.13. The molecule has 0 aliphatic heterocycles. The number of rotatable bonds is 5. The predicted molar refractivity (Wildman–Crippen MR) is 71.2 cm³/mol. The number of sulfone groups is 1. The van der Waals surface area contributed by atoms with Gasteiger partial charge < -0.3 is 0 Å². The Labute approximate surface area is 125 Å². The normalized spacial score (nSPS) is 15.6. The Hall–Kier alpha value is -1.70. The minimum atomic E-state index is -4.88. The summed E-state index contributed by atoms with van der Waals surface area (Å²) in [6.07, 6.45) is -3.38. The number of hydrogen-bond acceptors (Lipinski definition) is 4. The maximum Gasteiger partial charge on any atom is 0.417 e. The van der Waals surface area contributed by atoms with Crippen molar-refractivity contribution in [2.24, 2.45) is 5.92 Å². The molecule has 0 radical (unpaired) electrons. The Balaban J connectivity index is 2.41. The summed E-state index contributed by atoms with van der Waals surface area (Å²) in [4.78, 5) is 23.0. The van der Waals surface area contributed by atoms with E-state index in [1.807, 2.05) is 0 Å². The Morgan fingerprint density at radius 3 is 2.27 bits per heavy atom. The number of benzene rings is 1. The number of hydrogen-bond donors (Lipinski definition) is 0. The standard InChI is InChI=1S/C14H13F3O4S/c1-22(20,21)9-4-5-10(11(6-9)14(15,16)17)13(19)7-12(18)8-2-3-8/h4-6,8H,2-3,7H2,1H3. The number of alkyl halides is 3. The molecule has 1 aliphatic rings. The third-order valence-electron chi connectivity index (χ3n) is 3.39. The van der Waals surface area contributed by atoms with E-state index in [2.05, 4.69) is 0 Å².